The lowest BCUT2D eigenvalue weighted by Crippen LogP contribution is -2.36. The molecule has 98 valence electrons. The van der Waals surface area contributed by atoms with Crippen molar-refractivity contribution >= 4 is 27.8 Å². The first-order chi connectivity index (χ1) is 9.13. The quantitative estimate of drug-likeness (QED) is 0.942. The number of rotatable bonds is 3. The van der Waals surface area contributed by atoms with E-state index in [-0.39, 0.29) is 0 Å². The summed E-state index contributed by atoms with van der Waals surface area (Å²) in [5.41, 5.74) is 7.37. The molecule has 2 amide bonds. The fraction of sp³-hybridized carbons (Fsp3) is 0.143. The second kappa shape index (κ2) is 5.84. The van der Waals surface area contributed by atoms with Crippen molar-refractivity contribution in [2.24, 2.45) is 5.73 Å². The van der Waals surface area contributed by atoms with E-state index in [2.05, 4.69) is 20.9 Å². The zero-order chi connectivity index (χ0) is 13.8. The van der Waals surface area contributed by atoms with Crippen LogP contribution in [0.4, 0.5) is 10.6 Å². The number of primary amides is 1. The first-order valence-corrected chi connectivity index (χ1v) is 6.70. The summed E-state index contributed by atoms with van der Waals surface area (Å²) in [5, 5.41) is 0. The van der Waals surface area contributed by atoms with E-state index in [9.17, 15) is 4.79 Å². The molecule has 5 heteroatoms. The molecule has 0 aliphatic rings. The highest BCUT2D eigenvalue weighted by Gasteiger charge is 2.13. The third-order valence-electron chi connectivity index (χ3n) is 2.78. The predicted molar refractivity (Wildman–Crippen MR) is 80.0 cm³/mol. The Kier molecular flexibility index (Phi) is 4.16. The summed E-state index contributed by atoms with van der Waals surface area (Å²) >= 11 is 3.48. The van der Waals surface area contributed by atoms with Gasteiger partial charge in [-0.05, 0) is 34.5 Å². The zero-order valence-electron chi connectivity index (χ0n) is 10.5. The van der Waals surface area contributed by atoms with Gasteiger partial charge in [0.1, 0.15) is 5.82 Å². The molecule has 0 fully saturated rings. The molecule has 0 aliphatic heterocycles. The number of hydrogen-bond donors (Lipinski definition) is 1. The monoisotopic (exact) mass is 319 g/mol. The van der Waals surface area contributed by atoms with Crippen molar-refractivity contribution in [1.29, 1.82) is 0 Å². The maximum absolute atomic E-state index is 11.4. The van der Waals surface area contributed by atoms with Gasteiger partial charge in [0.2, 0.25) is 0 Å². The maximum atomic E-state index is 11.4. The van der Waals surface area contributed by atoms with Crippen molar-refractivity contribution in [2.45, 2.75) is 6.92 Å². The van der Waals surface area contributed by atoms with Gasteiger partial charge in [0.25, 0.3) is 0 Å². The zero-order valence-corrected chi connectivity index (χ0v) is 12.1. The molecule has 0 spiro atoms. The molecule has 2 aromatic rings. The minimum atomic E-state index is -0.503. The van der Waals surface area contributed by atoms with Gasteiger partial charge < -0.3 is 5.73 Å². The maximum Gasteiger partial charge on any atom is 0.320 e. The summed E-state index contributed by atoms with van der Waals surface area (Å²) in [6, 6.07) is 11.3. The Labute approximate surface area is 120 Å². The molecule has 0 radical (unpaired) electrons. The van der Waals surface area contributed by atoms with E-state index in [0.717, 1.165) is 15.6 Å². The molecule has 1 aromatic carbocycles. The molecule has 2 N–H and O–H groups in total. The number of pyridine rings is 1. The number of nitrogens with two attached hydrogens (primary N) is 1. The Morgan fingerprint density at radius 3 is 2.63 bits per heavy atom. The molecule has 0 atom stereocenters. The third-order valence-corrected chi connectivity index (χ3v) is 3.42. The lowest BCUT2D eigenvalue weighted by molar-refractivity contribution is 0.254. The van der Waals surface area contributed by atoms with E-state index in [1.807, 2.05) is 43.3 Å². The van der Waals surface area contributed by atoms with Gasteiger partial charge in [0, 0.05) is 22.8 Å². The Hall–Kier alpha value is -1.88. The van der Waals surface area contributed by atoms with Gasteiger partial charge in [-0.15, -0.1) is 0 Å². The highest BCUT2D eigenvalue weighted by molar-refractivity contribution is 9.10. The first-order valence-electron chi connectivity index (χ1n) is 5.91. The van der Waals surface area contributed by atoms with Gasteiger partial charge in [-0.25, -0.2) is 9.78 Å². The van der Waals surface area contributed by atoms with Crippen LogP contribution < -0.4 is 10.6 Å². The molecular weight excluding hydrogens is 306 g/mol. The molecule has 2 rings (SSSR count). The van der Waals surface area contributed by atoms with E-state index in [1.54, 1.807) is 6.20 Å². The molecule has 0 aliphatic carbocycles. The normalized spacial score (nSPS) is 10.2. The van der Waals surface area contributed by atoms with Crippen LogP contribution in [0.25, 0.3) is 11.1 Å². The Bertz CT molecular complexity index is 586. The molecule has 4 nitrogen and oxygen atoms in total. The largest absolute Gasteiger partial charge is 0.351 e. The average Bonchev–Trinajstić information content (AvgIpc) is 2.42. The van der Waals surface area contributed by atoms with Crippen LogP contribution >= 0.6 is 15.9 Å². The molecule has 0 bridgehead atoms. The number of amides is 2. The van der Waals surface area contributed by atoms with Crippen LogP contribution in [0.15, 0.2) is 47.1 Å². The van der Waals surface area contributed by atoms with Crippen molar-refractivity contribution in [2.75, 3.05) is 11.4 Å². The summed E-state index contributed by atoms with van der Waals surface area (Å²) in [4.78, 5) is 17.0. The molecule has 19 heavy (non-hydrogen) atoms. The van der Waals surface area contributed by atoms with Crippen molar-refractivity contribution < 1.29 is 4.79 Å². The number of nitrogens with zero attached hydrogens (tertiary/aromatic N) is 2. The van der Waals surface area contributed by atoms with Crippen LogP contribution in [0.2, 0.25) is 0 Å². The van der Waals surface area contributed by atoms with E-state index in [1.165, 1.54) is 4.90 Å². The van der Waals surface area contributed by atoms with Crippen LogP contribution in [0, 0.1) is 0 Å². The van der Waals surface area contributed by atoms with Crippen LogP contribution in [0.5, 0.6) is 0 Å². The van der Waals surface area contributed by atoms with Crippen molar-refractivity contribution in [1.82, 2.24) is 4.98 Å². The minimum absolute atomic E-state index is 0.484. The van der Waals surface area contributed by atoms with Crippen LogP contribution in [0.1, 0.15) is 6.92 Å². The molecule has 0 saturated carbocycles. The number of aromatic nitrogens is 1. The van der Waals surface area contributed by atoms with E-state index < -0.39 is 6.03 Å². The fourth-order valence-corrected chi connectivity index (χ4v) is 2.29. The summed E-state index contributed by atoms with van der Waals surface area (Å²) in [6.07, 6.45) is 1.68. The van der Waals surface area contributed by atoms with Crippen LogP contribution in [0.3, 0.4) is 0 Å². The predicted octanol–water partition coefficient (Wildman–Crippen LogP) is 3.42. The second-order valence-electron chi connectivity index (χ2n) is 3.97. The standard InChI is InChI=1S/C14H14BrN3O/c1-2-18(14(16)19)13-8-11(12(15)9-17-13)10-6-4-3-5-7-10/h3-9H,2H2,1H3,(H2,16,19). The van der Waals surface area contributed by atoms with Crippen molar-refractivity contribution in [3.8, 4) is 11.1 Å². The number of halogens is 1. The van der Waals surface area contributed by atoms with Gasteiger partial charge in [-0.3, -0.25) is 4.90 Å². The number of carbonyl (C=O) groups is 1. The molecule has 0 saturated heterocycles. The van der Waals surface area contributed by atoms with E-state index in [4.69, 9.17) is 5.73 Å². The number of hydrogen-bond acceptors (Lipinski definition) is 2. The summed E-state index contributed by atoms with van der Waals surface area (Å²) < 4.78 is 0.878. The summed E-state index contributed by atoms with van der Waals surface area (Å²) in [5.74, 6) is 0.553. The highest BCUT2D eigenvalue weighted by atomic mass is 79.9. The Morgan fingerprint density at radius 2 is 2.05 bits per heavy atom. The number of benzene rings is 1. The Balaban J connectivity index is 2.49. The first kappa shape index (κ1) is 13.5. The second-order valence-corrected chi connectivity index (χ2v) is 4.83. The molecule has 1 heterocycles. The van der Waals surface area contributed by atoms with E-state index in [0.29, 0.717) is 12.4 Å². The molecule has 0 unspecified atom stereocenters. The Morgan fingerprint density at radius 1 is 1.37 bits per heavy atom. The SMILES string of the molecule is CCN(C(N)=O)c1cc(-c2ccccc2)c(Br)cn1. The number of anilines is 1. The average molecular weight is 320 g/mol. The van der Waals surface area contributed by atoms with Gasteiger partial charge in [-0.1, -0.05) is 30.3 Å². The smallest absolute Gasteiger partial charge is 0.320 e. The molecular formula is C14H14BrN3O. The third kappa shape index (κ3) is 2.93. The van der Waals surface area contributed by atoms with Crippen molar-refractivity contribution in [3.05, 3.63) is 47.1 Å². The summed E-state index contributed by atoms with van der Waals surface area (Å²) in [7, 11) is 0. The van der Waals surface area contributed by atoms with Crippen LogP contribution in [-0.4, -0.2) is 17.6 Å². The van der Waals surface area contributed by atoms with E-state index >= 15 is 0 Å². The molecule has 1 aromatic heterocycles. The van der Waals surface area contributed by atoms with Crippen molar-refractivity contribution in [3.63, 3.8) is 0 Å². The number of carbonyl (C=O) groups excluding carboxylic acids is 1. The van der Waals surface area contributed by atoms with Gasteiger partial charge in [-0.2, -0.15) is 0 Å². The summed E-state index contributed by atoms with van der Waals surface area (Å²) in [6.45, 7) is 2.34. The van der Waals surface area contributed by atoms with Gasteiger partial charge in [0.15, 0.2) is 0 Å². The van der Waals surface area contributed by atoms with Gasteiger partial charge in [0.05, 0.1) is 0 Å². The lowest BCUT2D eigenvalue weighted by atomic mass is 10.1. The van der Waals surface area contributed by atoms with Crippen LogP contribution in [-0.2, 0) is 0 Å². The topological polar surface area (TPSA) is 59.2 Å². The fourth-order valence-electron chi connectivity index (χ4n) is 1.84. The number of urea groups is 1. The van der Waals surface area contributed by atoms with Gasteiger partial charge >= 0.3 is 6.03 Å². The minimum Gasteiger partial charge on any atom is -0.351 e. The highest BCUT2D eigenvalue weighted by Crippen LogP contribution is 2.30. The lowest BCUT2D eigenvalue weighted by Gasteiger charge is -2.18.